The van der Waals surface area contributed by atoms with Crippen LogP contribution in [0.1, 0.15) is 19.3 Å². The van der Waals surface area contributed by atoms with E-state index >= 15 is 0 Å². The summed E-state index contributed by atoms with van der Waals surface area (Å²) in [6, 6.07) is 0. The fourth-order valence-corrected chi connectivity index (χ4v) is 3.42. The maximum Gasteiger partial charge on any atom is 0.232 e. The van der Waals surface area contributed by atoms with E-state index < -0.39 is 0 Å². The minimum Gasteiger partial charge on any atom is -0.345 e. The van der Waals surface area contributed by atoms with Crippen molar-refractivity contribution in [2.75, 3.05) is 44.4 Å². The first-order valence-electron chi connectivity index (χ1n) is 6.29. The molecule has 1 aliphatic rings. The van der Waals surface area contributed by atoms with Gasteiger partial charge in [-0.25, -0.2) is 0 Å². The Labute approximate surface area is 113 Å². The van der Waals surface area contributed by atoms with Gasteiger partial charge in [0.05, 0.1) is 5.75 Å². The molecule has 1 aliphatic heterocycles. The van der Waals surface area contributed by atoms with Crippen LogP contribution in [0.25, 0.3) is 0 Å². The van der Waals surface area contributed by atoms with Crippen molar-refractivity contribution < 1.29 is 4.79 Å². The summed E-state index contributed by atoms with van der Waals surface area (Å²) in [7, 11) is 1.92. The fraction of sp³-hybridized carbons (Fsp3) is 0.917. The zero-order chi connectivity index (χ0) is 12.5. The summed E-state index contributed by atoms with van der Waals surface area (Å²) >= 11 is 3.68. The van der Waals surface area contributed by atoms with E-state index in [-0.39, 0.29) is 5.91 Å². The minimum absolute atomic E-state index is 0.287. The second-order valence-electron chi connectivity index (χ2n) is 4.42. The Kier molecular flexibility index (Phi) is 8.14. The lowest BCUT2D eigenvalue weighted by Gasteiger charge is -2.23. The molecular formula is C12H24N2OS2. The van der Waals surface area contributed by atoms with E-state index in [0.29, 0.717) is 11.0 Å². The lowest BCUT2D eigenvalue weighted by Crippen LogP contribution is -2.32. The van der Waals surface area contributed by atoms with Crippen LogP contribution in [0.3, 0.4) is 0 Å². The number of amides is 1. The monoisotopic (exact) mass is 276 g/mol. The summed E-state index contributed by atoms with van der Waals surface area (Å²) in [5, 5.41) is 4.03. The normalized spacial score (nSPS) is 17.1. The summed E-state index contributed by atoms with van der Waals surface area (Å²) in [5.74, 6) is 2.08. The van der Waals surface area contributed by atoms with Crippen LogP contribution in [0, 0.1) is 0 Å². The van der Waals surface area contributed by atoms with Gasteiger partial charge in [-0.3, -0.25) is 4.79 Å². The van der Waals surface area contributed by atoms with Crippen molar-refractivity contribution in [1.29, 1.82) is 0 Å². The standard InChI is InChI=1S/C12H24N2OS2/c1-14(8-3-9-16-2)12(15)10-17-11-4-6-13-7-5-11/h11,13H,3-10H2,1-2H3. The smallest absolute Gasteiger partial charge is 0.232 e. The maximum absolute atomic E-state index is 11.9. The van der Waals surface area contributed by atoms with Crippen LogP contribution in [0.15, 0.2) is 0 Å². The van der Waals surface area contributed by atoms with Gasteiger partial charge in [-0.15, -0.1) is 11.8 Å². The second-order valence-corrected chi connectivity index (χ2v) is 6.70. The molecule has 1 fully saturated rings. The lowest BCUT2D eigenvalue weighted by molar-refractivity contribution is -0.127. The molecule has 17 heavy (non-hydrogen) atoms. The number of thioether (sulfide) groups is 2. The molecular weight excluding hydrogens is 252 g/mol. The van der Waals surface area contributed by atoms with Gasteiger partial charge in [-0.05, 0) is 44.4 Å². The van der Waals surface area contributed by atoms with Gasteiger partial charge < -0.3 is 10.2 Å². The summed E-state index contributed by atoms with van der Waals surface area (Å²) in [6.45, 7) is 3.11. The van der Waals surface area contributed by atoms with Crippen LogP contribution >= 0.6 is 23.5 Å². The molecule has 0 aromatic carbocycles. The molecule has 0 aliphatic carbocycles. The number of carbonyl (C=O) groups is 1. The van der Waals surface area contributed by atoms with Crippen molar-refractivity contribution in [2.45, 2.75) is 24.5 Å². The molecule has 0 aromatic rings. The predicted molar refractivity (Wildman–Crippen MR) is 79.0 cm³/mol. The van der Waals surface area contributed by atoms with E-state index in [2.05, 4.69) is 11.6 Å². The van der Waals surface area contributed by atoms with Crippen molar-refractivity contribution in [2.24, 2.45) is 0 Å². The Balaban J connectivity index is 2.10. The first-order chi connectivity index (χ1) is 8.24. The minimum atomic E-state index is 0.287. The third-order valence-electron chi connectivity index (χ3n) is 3.00. The molecule has 1 saturated heterocycles. The Morgan fingerprint density at radius 2 is 2.12 bits per heavy atom. The second kappa shape index (κ2) is 9.11. The van der Waals surface area contributed by atoms with Gasteiger partial charge in [-0.1, -0.05) is 0 Å². The largest absolute Gasteiger partial charge is 0.345 e. The number of rotatable bonds is 7. The van der Waals surface area contributed by atoms with Crippen molar-refractivity contribution in [3.05, 3.63) is 0 Å². The molecule has 0 radical (unpaired) electrons. The van der Waals surface area contributed by atoms with E-state index in [1.807, 2.05) is 35.5 Å². The quantitative estimate of drug-likeness (QED) is 0.717. The van der Waals surface area contributed by atoms with E-state index in [1.54, 1.807) is 0 Å². The molecule has 1 N–H and O–H groups in total. The summed E-state index contributed by atoms with van der Waals surface area (Å²) < 4.78 is 0. The third kappa shape index (κ3) is 6.58. The number of carbonyl (C=O) groups excluding carboxylic acids is 1. The third-order valence-corrected chi connectivity index (χ3v) is 5.05. The Bertz CT molecular complexity index is 221. The van der Waals surface area contributed by atoms with Gasteiger partial charge >= 0.3 is 0 Å². The van der Waals surface area contributed by atoms with Crippen LogP contribution in [-0.4, -0.2) is 60.5 Å². The summed E-state index contributed by atoms with van der Waals surface area (Å²) in [4.78, 5) is 13.7. The van der Waals surface area contributed by atoms with Gasteiger partial charge in [0.2, 0.25) is 5.91 Å². The SMILES string of the molecule is CSCCCN(C)C(=O)CSC1CCNCC1. The average Bonchev–Trinajstić information content (AvgIpc) is 2.37. The molecule has 0 bridgehead atoms. The Hall–Kier alpha value is 0.130. The summed E-state index contributed by atoms with van der Waals surface area (Å²) in [5.41, 5.74) is 0. The van der Waals surface area contributed by atoms with Gasteiger partial charge in [-0.2, -0.15) is 11.8 Å². The molecule has 3 nitrogen and oxygen atoms in total. The number of piperidine rings is 1. The lowest BCUT2D eigenvalue weighted by atomic mass is 10.2. The highest BCUT2D eigenvalue weighted by Gasteiger charge is 2.16. The van der Waals surface area contributed by atoms with Crippen LogP contribution < -0.4 is 5.32 Å². The van der Waals surface area contributed by atoms with Crippen LogP contribution in [0.5, 0.6) is 0 Å². The topological polar surface area (TPSA) is 32.3 Å². The number of hydrogen-bond donors (Lipinski definition) is 1. The molecule has 5 heteroatoms. The van der Waals surface area contributed by atoms with Gasteiger partial charge in [0.25, 0.3) is 0 Å². The van der Waals surface area contributed by atoms with Crippen LogP contribution in [0.2, 0.25) is 0 Å². The molecule has 0 aromatic heterocycles. The maximum atomic E-state index is 11.9. The Morgan fingerprint density at radius 3 is 2.76 bits per heavy atom. The molecule has 1 rings (SSSR count). The van der Waals surface area contributed by atoms with E-state index in [0.717, 1.165) is 31.8 Å². The van der Waals surface area contributed by atoms with Crippen molar-refractivity contribution in [3.8, 4) is 0 Å². The molecule has 0 spiro atoms. The average molecular weight is 276 g/mol. The van der Waals surface area contributed by atoms with Crippen molar-refractivity contribution >= 4 is 29.4 Å². The summed E-state index contributed by atoms with van der Waals surface area (Å²) in [6.07, 6.45) is 5.61. The van der Waals surface area contributed by atoms with E-state index in [4.69, 9.17) is 0 Å². The molecule has 100 valence electrons. The van der Waals surface area contributed by atoms with Crippen LogP contribution in [0.4, 0.5) is 0 Å². The molecule has 0 saturated carbocycles. The first kappa shape index (κ1) is 15.2. The highest BCUT2D eigenvalue weighted by molar-refractivity contribution is 8.00. The zero-order valence-electron chi connectivity index (χ0n) is 10.9. The van der Waals surface area contributed by atoms with Crippen molar-refractivity contribution in [3.63, 3.8) is 0 Å². The number of hydrogen-bond acceptors (Lipinski definition) is 4. The van der Waals surface area contributed by atoms with E-state index in [9.17, 15) is 4.79 Å². The predicted octanol–water partition coefficient (Wildman–Crippen LogP) is 1.68. The van der Waals surface area contributed by atoms with Crippen LogP contribution in [-0.2, 0) is 4.79 Å². The zero-order valence-corrected chi connectivity index (χ0v) is 12.5. The Morgan fingerprint density at radius 1 is 1.41 bits per heavy atom. The molecule has 1 amide bonds. The molecule has 0 atom stereocenters. The van der Waals surface area contributed by atoms with E-state index in [1.165, 1.54) is 12.8 Å². The molecule has 1 heterocycles. The van der Waals surface area contributed by atoms with Gasteiger partial charge in [0.15, 0.2) is 0 Å². The number of nitrogens with zero attached hydrogens (tertiary/aromatic N) is 1. The number of nitrogens with one attached hydrogen (secondary N) is 1. The fourth-order valence-electron chi connectivity index (χ4n) is 1.83. The van der Waals surface area contributed by atoms with Gasteiger partial charge in [0, 0.05) is 18.8 Å². The first-order valence-corrected chi connectivity index (χ1v) is 8.73. The van der Waals surface area contributed by atoms with Crippen molar-refractivity contribution in [1.82, 2.24) is 10.2 Å². The van der Waals surface area contributed by atoms with Gasteiger partial charge in [0.1, 0.15) is 0 Å². The highest BCUT2D eigenvalue weighted by atomic mass is 32.2. The molecule has 0 unspecified atom stereocenters. The highest BCUT2D eigenvalue weighted by Crippen LogP contribution is 2.20.